The fourth-order valence-corrected chi connectivity index (χ4v) is 3.31. The van der Waals surface area contributed by atoms with Gasteiger partial charge in [0.05, 0.1) is 7.11 Å². The second-order valence-corrected chi connectivity index (χ2v) is 7.15. The molecular formula is C21H26ClN3O2. The standard InChI is InChI=1S/C21H26ClN3O2/c1-27-20-4-2-3-17(15-20)9-10-24-11-13-25(14-12-24)21(26)23-16-18-5-7-19(22)8-6-18/h2-8,15H,9-14,16H2,1H3,(H,23,26). The molecule has 1 saturated heterocycles. The van der Waals surface area contributed by atoms with Crippen LogP contribution < -0.4 is 10.1 Å². The summed E-state index contributed by atoms with van der Waals surface area (Å²) in [7, 11) is 1.69. The van der Waals surface area contributed by atoms with Gasteiger partial charge in [-0.1, -0.05) is 35.9 Å². The van der Waals surface area contributed by atoms with Crippen molar-refractivity contribution in [3.05, 3.63) is 64.7 Å². The third-order valence-corrected chi connectivity index (χ3v) is 5.12. The molecule has 1 N–H and O–H groups in total. The quantitative estimate of drug-likeness (QED) is 0.826. The lowest BCUT2D eigenvalue weighted by Gasteiger charge is -2.34. The summed E-state index contributed by atoms with van der Waals surface area (Å²) in [5.41, 5.74) is 2.32. The van der Waals surface area contributed by atoms with Gasteiger partial charge < -0.3 is 15.0 Å². The van der Waals surface area contributed by atoms with Crippen LogP contribution in [0.4, 0.5) is 4.79 Å². The Kier molecular flexibility index (Phi) is 6.96. The van der Waals surface area contributed by atoms with Crippen molar-refractivity contribution in [1.82, 2.24) is 15.1 Å². The normalized spacial score (nSPS) is 14.8. The molecule has 3 rings (SSSR count). The number of piperazine rings is 1. The first-order valence-corrected chi connectivity index (χ1v) is 9.64. The molecule has 0 aliphatic carbocycles. The van der Waals surface area contributed by atoms with Crippen LogP contribution >= 0.6 is 11.6 Å². The van der Waals surface area contributed by atoms with Crippen molar-refractivity contribution in [3.8, 4) is 5.75 Å². The Labute approximate surface area is 165 Å². The minimum atomic E-state index is -0.00241. The molecule has 0 spiro atoms. The van der Waals surface area contributed by atoms with Gasteiger partial charge in [-0.15, -0.1) is 0 Å². The van der Waals surface area contributed by atoms with E-state index in [-0.39, 0.29) is 6.03 Å². The first kappa shape index (κ1) is 19.5. The van der Waals surface area contributed by atoms with Gasteiger partial charge in [-0.2, -0.15) is 0 Å². The lowest BCUT2D eigenvalue weighted by atomic mass is 10.1. The number of hydrogen-bond acceptors (Lipinski definition) is 3. The first-order chi connectivity index (χ1) is 13.1. The number of hydrogen-bond donors (Lipinski definition) is 1. The molecule has 1 fully saturated rings. The minimum Gasteiger partial charge on any atom is -0.497 e. The molecule has 0 aromatic heterocycles. The Morgan fingerprint density at radius 1 is 1.07 bits per heavy atom. The van der Waals surface area contributed by atoms with Crippen molar-refractivity contribution in [2.24, 2.45) is 0 Å². The largest absolute Gasteiger partial charge is 0.497 e. The van der Waals surface area contributed by atoms with Gasteiger partial charge in [0.25, 0.3) is 0 Å². The third-order valence-electron chi connectivity index (χ3n) is 4.87. The Morgan fingerprint density at radius 3 is 2.52 bits per heavy atom. The minimum absolute atomic E-state index is 0.00241. The molecule has 0 unspecified atom stereocenters. The van der Waals surface area contributed by atoms with Gasteiger partial charge in [0.2, 0.25) is 0 Å². The van der Waals surface area contributed by atoms with E-state index in [0.29, 0.717) is 11.6 Å². The number of methoxy groups -OCH3 is 1. The molecule has 5 nitrogen and oxygen atoms in total. The number of carbonyl (C=O) groups excluding carboxylic acids is 1. The molecule has 1 aliphatic rings. The molecule has 0 saturated carbocycles. The van der Waals surface area contributed by atoms with Crippen LogP contribution in [0.25, 0.3) is 0 Å². The molecule has 27 heavy (non-hydrogen) atoms. The van der Waals surface area contributed by atoms with Crippen LogP contribution in [-0.2, 0) is 13.0 Å². The monoisotopic (exact) mass is 387 g/mol. The molecule has 2 amide bonds. The van der Waals surface area contributed by atoms with E-state index in [1.165, 1.54) is 5.56 Å². The Bertz CT molecular complexity index is 743. The summed E-state index contributed by atoms with van der Waals surface area (Å²) >= 11 is 5.88. The molecule has 0 radical (unpaired) electrons. The van der Waals surface area contributed by atoms with Gasteiger partial charge in [0, 0.05) is 44.3 Å². The van der Waals surface area contributed by atoms with E-state index in [4.69, 9.17) is 16.3 Å². The molecule has 0 atom stereocenters. The highest BCUT2D eigenvalue weighted by atomic mass is 35.5. The van der Waals surface area contributed by atoms with E-state index in [0.717, 1.165) is 50.5 Å². The van der Waals surface area contributed by atoms with E-state index < -0.39 is 0 Å². The van der Waals surface area contributed by atoms with Crippen LogP contribution in [-0.4, -0.2) is 55.7 Å². The zero-order chi connectivity index (χ0) is 19.1. The number of nitrogens with one attached hydrogen (secondary N) is 1. The molecule has 6 heteroatoms. The third kappa shape index (κ3) is 5.88. The second-order valence-electron chi connectivity index (χ2n) is 6.72. The van der Waals surface area contributed by atoms with Crippen LogP contribution in [0.5, 0.6) is 5.75 Å². The smallest absolute Gasteiger partial charge is 0.317 e. The lowest BCUT2D eigenvalue weighted by molar-refractivity contribution is 0.140. The Morgan fingerprint density at radius 2 is 1.81 bits per heavy atom. The number of nitrogens with zero attached hydrogens (tertiary/aromatic N) is 2. The molecule has 144 valence electrons. The van der Waals surface area contributed by atoms with Crippen molar-refractivity contribution in [2.75, 3.05) is 39.8 Å². The van der Waals surface area contributed by atoms with E-state index in [1.807, 2.05) is 41.3 Å². The van der Waals surface area contributed by atoms with Crippen LogP contribution in [0.15, 0.2) is 48.5 Å². The van der Waals surface area contributed by atoms with Gasteiger partial charge in [0.15, 0.2) is 0 Å². The first-order valence-electron chi connectivity index (χ1n) is 9.26. The van der Waals surface area contributed by atoms with Crippen molar-refractivity contribution in [3.63, 3.8) is 0 Å². The Balaban J connectivity index is 1.38. The highest BCUT2D eigenvalue weighted by Gasteiger charge is 2.20. The molecule has 1 aliphatic heterocycles. The van der Waals surface area contributed by atoms with Crippen LogP contribution in [0.2, 0.25) is 5.02 Å². The summed E-state index contributed by atoms with van der Waals surface area (Å²) in [6.45, 7) is 4.82. The number of halogens is 1. The summed E-state index contributed by atoms with van der Waals surface area (Å²) < 4.78 is 5.28. The van der Waals surface area contributed by atoms with Gasteiger partial charge in [-0.05, 0) is 41.8 Å². The second kappa shape index (κ2) is 9.62. The fraction of sp³-hybridized carbons (Fsp3) is 0.381. The fourth-order valence-electron chi connectivity index (χ4n) is 3.18. The maximum absolute atomic E-state index is 12.4. The SMILES string of the molecule is COc1cccc(CCN2CCN(C(=O)NCc3ccc(Cl)cc3)CC2)c1. The van der Waals surface area contributed by atoms with Crippen molar-refractivity contribution in [1.29, 1.82) is 0 Å². The highest BCUT2D eigenvalue weighted by molar-refractivity contribution is 6.30. The van der Waals surface area contributed by atoms with Crippen molar-refractivity contribution < 1.29 is 9.53 Å². The molecule has 1 heterocycles. The number of carbonyl (C=O) groups is 1. The molecule has 0 bridgehead atoms. The maximum atomic E-state index is 12.4. The average Bonchev–Trinajstić information content (AvgIpc) is 2.72. The number of rotatable bonds is 6. The van der Waals surface area contributed by atoms with Gasteiger partial charge in [0.1, 0.15) is 5.75 Å². The molecule has 2 aromatic rings. The number of ether oxygens (including phenoxy) is 1. The predicted molar refractivity (Wildman–Crippen MR) is 108 cm³/mol. The van der Waals surface area contributed by atoms with E-state index in [9.17, 15) is 4.79 Å². The van der Waals surface area contributed by atoms with E-state index in [2.05, 4.69) is 22.3 Å². The topological polar surface area (TPSA) is 44.8 Å². The highest BCUT2D eigenvalue weighted by Crippen LogP contribution is 2.14. The summed E-state index contributed by atoms with van der Waals surface area (Å²) in [6.07, 6.45) is 0.986. The summed E-state index contributed by atoms with van der Waals surface area (Å²) in [4.78, 5) is 16.6. The van der Waals surface area contributed by atoms with Gasteiger partial charge in [-0.3, -0.25) is 4.90 Å². The van der Waals surface area contributed by atoms with Crippen LogP contribution in [0, 0.1) is 0 Å². The number of benzene rings is 2. The van der Waals surface area contributed by atoms with Crippen molar-refractivity contribution in [2.45, 2.75) is 13.0 Å². The van der Waals surface area contributed by atoms with Crippen molar-refractivity contribution >= 4 is 17.6 Å². The summed E-state index contributed by atoms with van der Waals surface area (Å²) in [6, 6.07) is 15.7. The maximum Gasteiger partial charge on any atom is 0.317 e. The van der Waals surface area contributed by atoms with E-state index >= 15 is 0 Å². The average molecular weight is 388 g/mol. The van der Waals surface area contributed by atoms with Gasteiger partial charge >= 0.3 is 6.03 Å². The number of urea groups is 1. The lowest BCUT2D eigenvalue weighted by Crippen LogP contribution is -2.51. The van der Waals surface area contributed by atoms with Crippen LogP contribution in [0.1, 0.15) is 11.1 Å². The zero-order valence-corrected chi connectivity index (χ0v) is 16.4. The predicted octanol–water partition coefficient (Wildman–Crippen LogP) is 3.42. The summed E-state index contributed by atoms with van der Waals surface area (Å²) in [5, 5.41) is 3.69. The summed E-state index contributed by atoms with van der Waals surface area (Å²) in [5.74, 6) is 0.898. The van der Waals surface area contributed by atoms with E-state index in [1.54, 1.807) is 7.11 Å². The van der Waals surface area contributed by atoms with Crippen LogP contribution in [0.3, 0.4) is 0 Å². The van der Waals surface area contributed by atoms with Gasteiger partial charge in [-0.25, -0.2) is 4.79 Å². The number of amides is 2. The molecule has 2 aromatic carbocycles. The zero-order valence-electron chi connectivity index (χ0n) is 15.7. The molecular weight excluding hydrogens is 362 g/mol. The Hall–Kier alpha value is -2.24.